The highest BCUT2D eigenvalue weighted by Gasteiger charge is 2.21. The molecule has 0 saturated heterocycles. The van der Waals surface area contributed by atoms with Crippen molar-refractivity contribution in [3.63, 3.8) is 0 Å². The Bertz CT molecular complexity index is 1030. The second kappa shape index (κ2) is 7.49. The Kier molecular flexibility index (Phi) is 4.74. The van der Waals surface area contributed by atoms with Gasteiger partial charge in [-0.25, -0.2) is 0 Å². The Balaban J connectivity index is 1.32. The molecule has 0 radical (unpaired) electrons. The van der Waals surface area contributed by atoms with E-state index >= 15 is 0 Å². The van der Waals surface area contributed by atoms with Crippen molar-refractivity contribution < 1.29 is 14.3 Å². The minimum Gasteiger partial charge on any atom is -0.486 e. The van der Waals surface area contributed by atoms with Crippen LogP contribution in [0.2, 0.25) is 0 Å². The highest BCUT2D eigenvalue weighted by molar-refractivity contribution is 5.79. The number of hydrogen-bond acceptors (Lipinski definition) is 5. The predicted octanol–water partition coefficient (Wildman–Crippen LogP) is 1.74. The summed E-state index contributed by atoms with van der Waals surface area (Å²) >= 11 is 0. The molecule has 0 spiro atoms. The Morgan fingerprint density at radius 2 is 1.93 bits per heavy atom. The monoisotopic (exact) mass is 365 g/mol. The average Bonchev–Trinajstić information content (AvgIpc) is 2.72. The second-order valence-electron chi connectivity index (χ2n) is 6.30. The lowest BCUT2D eigenvalue weighted by atomic mass is 10.2. The summed E-state index contributed by atoms with van der Waals surface area (Å²) in [5, 5.41) is 7.60. The van der Waals surface area contributed by atoms with Gasteiger partial charge in [-0.2, -0.15) is 5.10 Å². The fourth-order valence-corrected chi connectivity index (χ4v) is 3.03. The van der Waals surface area contributed by atoms with Gasteiger partial charge in [0.25, 0.3) is 0 Å². The number of carbonyl (C=O) groups excluding carboxylic acids is 1. The third-order valence-electron chi connectivity index (χ3n) is 4.41. The van der Waals surface area contributed by atoms with E-state index in [2.05, 4.69) is 10.4 Å². The van der Waals surface area contributed by atoms with Crippen molar-refractivity contribution in [2.45, 2.75) is 19.1 Å². The molecule has 7 nitrogen and oxygen atoms in total. The number of nitrogens with one attached hydrogen (secondary N) is 1. The van der Waals surface area contributed by atoms with Gasteiger partial charge in [0.1, 0.15) is 12.7 Å². The van der Waals surface area contributed by atoms with Crippen molar-refractivity contribution in [1.82, 2.24) is 15.1 Å². The van der Waals surface area contributed by atoms with E-state index in [-0.39, 0.29) is 23.9 Å². The van der Waals surface area contributed by atoms with E-state index in [9.17, 15) is 9.59 Å². The number of ether oxygens (including phenoxy) is 2. The van der Waals surface area contributed by atoms with Gasteiger partial charge in [-0.15, -0.1) is 0 Å². The summed E-state index contributed by atoms with van der Waals surface area (Å²) in [5.41, 5.74) is 0.597. The number of aryl methyl sites for hydroxylation is 1. The maximum Gasteiger partial charge on any atom is 0.221 e. The Morgan fingerprint density at radius 3 is 2.81 bits per heavy atom. The molecule has 2 aromatic carbocycles. The van der Waals surface area contributed by atoms with Gasteiger partial charge in [-0.05, 0) is 24.3 Å². The zero-order valence-corrected chi connectivity index (χ0v) is 14.6. The van der Waals surface area contributed by atoms with Crippen molar-refractivity contribution in [2.75, 3.05) is 13.2 Å². The third-order valence-corrected chi connectivity index (χ3v) is 4.41. The highest BCUT2D eigenvalue weighted by Crippen LogP contribution is 2.30. The highest BCUT2D eigenvalue weighted by atomic mass is 16.6. The second-order valence-corrected chi connectivity index (χ2v) is 6.30. The number of amides is 1. The van der Waals surface area contributed by atoms with Gasteiger partial charge in [-0.1, -0.05) is 24.3 Å². The molecule has 2 heterocycles. The van der Waals surface area contributed by atoms with Crippen LogP contribution in [0.3, 0.4) is 0 Å². The Morgan fingerprint density at radius 1 is 1.15 bits per heavy atom. The fraction of sp³-hybridized carbons (Fsp3) is 0.250. The minimum atomic E-state index is -0.227. The van der Waals surface area contributed by atoms with Crippen molar-refractivity contribution >= 4 is 16.8 Å². The van der Waals surface area contributed by atoms with E-state index in [1.807, 2.05) is 42.5 Å². The molecule has 1 unspecified atom stereocenters. The maximum absolute atomic E-state index is 12.2. The number of para-hydroxylation sites is 3. The Labute approximate surface area is 155 Å². The van der Waals surface area contributed by atoms with Gasteiger partial charge in [-0.3, -0.25) is 14.3 Å². The van der Waals surface area contributed by atoms with Crippen LogP contribution in [0.1, 0.15) is 6.42 Å². The molecule has 0 bridgehead atoms. The van der Waals surface area contributed by atoms with Gasteiger partial charge in [0, 0.05) is 11.8 Å². The molecule has 7 heteroatoms. The molecule has 4 rings (SSSR count). The summed E-state index contributed by atoms with van der Waals surface area (Å²) in [6, 6.07) is 14.7. The number of benzene rings is 2. The molecule has 1 N–H and O–H groups in total. The van der Waals surface area contributed by atoms with E-state index in [0.717, 1.165) is 11.3 Å². The minimum absolute atomic E-state index is 0.109. The van der Waals surface area contributed by atoms with Crippen LogP contribution in [0.25, 0.3) is 10.9 Å². The van der Waals surface area contributed by atoms with E-state index in [0.29, 0.717) is 30.8 Å². The zero-order chi connectivity index (χ0) is 18.6. The van der Waals surface area contributed by atoms with Gasteiger partial charge in [0.15, 0.2) is 11.5 Å². The number of fused-ring (bicyclic) bond motifs is 2. The van der Waals surface area contributed by atoms with E-state index < -0.39 is 0 Å². The fourth-order valence-electron chi connectivity index (χ4n) is 3.03. The molecule has 0 fully saturated rings. The van der Waals surface area contributed by atoms with Crippen molar-refractivity contribution in [3.05, 3.63) is 65.0 Å². The molecule has 138 valence electrons. The quantitative estimate of drug-likeness (QED) is 0.745. The molecule has 1 amide bonds. The lowest BCUT2D eigenvalue weighted by Gasteiger charge is -2.26. The molecule has 1 aliphatic heterocycles. The largest absolute Gasteiger partial charge is 0.486 e. The van der Waals surface area contributed by atoms with Crippen LogP contribution in [-0.2, 0) is 11.3 Å². The van der Waals surface area contributed by atoms with Crippen LogP contribution in [0.15, 0.2) is 59.5 Å². The van der Waals surface area contributed by atoms with Crippen molar-refractivity contribution in [2.24, 2.45) is 0 Å². The lowest BCUT2D eigenvalue weighted by molar-refractivity contribution is -0.121. The normalized spacial score (nSPS) is 15.5. The molecular formula is C20H19N3O4. The van der Waals surface area contributed by atoms with Gasteiger partial charge in [0.05, 0.1) is 24.8 Å². The van der Waals surface area contributed by atoms with E-state index in [1.165, 1.54) is 6.20 Å². The maximum atomic E-state index is 12.2. The van der Waals surface area contributed by atoms with Gasteiger partial charge in [0.2, 0.25) is 11.3 Å². The van der Waals surface area contributed by atoms with Gasteiger partial charge >= 0.3 is 0 Å². The predicted molar refractivity (Wildman–Crippen MR) is 100.0 cm³/mol. The number of hydrogen-bond donors (Lipinski definition) is 1. The van der Waals surface area contributed by atoms with Gasteiger partial charge < -0.3 is 14.8 Å². The molecular weight excluding hydrogens is 346 g/mol. The number of aromatic nitrogens is 2. The topological polar surface area (TPSA) is 82.5 Å². The lowest BCUT2D eigenvalue weighted by Crippen LogP contribution is -2.40. The van der Waals surface area contributed by atoms with E-state index in [1.54, 1.807) is 10.7 Å². The van der Waals surface area contributed by atoms with Crippen LogP contribution in [-0.4, -0.2) is 34.9 Å². The van der Waals surface area contributed by atoms with Crippen LogP contribution < -0.4 is 20.2 Å². The molecule has 27 heavy (non-hydrogen) atoms. The first-order valence-electron chi connectivity index (χ1n) is 8.81. The first-order chi connectivity index (χ1) is 13.2. The number of carbonyl (C=O) groups is 1. The summed E-state index contributed by atoms with van der Waals surface area (Å²) in [5.74, 6) is 1.30. The molecule has 1 aliphatic rings. The summed E-state index contributed by atoms with van der Waals surface area (Å²) in [7, 11) is 0. The van der Waals surface area contributed by atoms with Crippen LogP contribution >= 0.6 is 0 Å². The molecule has 1 atom stereocenters. The van der Waals surface area contributed by atoms with Crippen molar-refractivity contribution in [3.8, 4) is 11.5 Å². The zero-order valence-electron chi connectivity index (χ0n) is 14.6. The SMILES string of the molecule is O=C(CCn1ncc(=O)c2ccccc21)NCC1COc2ccccc2O1. The van der Waals surface area contributed by atoms with Crippen LogP contribution in [0.5, 0.6) is 11.5 Å². The molecule has 1 aromatic heterocycles. The summed E-state index contributed by atoms with van der Waals surface area (Å²) in [4.78, 5) is 24.1. The molecule has 0 aliphatic carbocycles. The summed E-state index contributed by atoms with van der Waals surface area (Å²) in [6.07, 6.45) is 1.31. The van der Waals surface area contributed by atoms with Crippen LogP contribution in [0.4, 0.5) is 0 Å². The first-order valence-corrected chi connectivity index (χ1v) is 8.81. The van der Waals surface area contributed by atoms with Crippen molar-refractivity contribution in [1.29, 1.82) is 0 Å². The van der Waals surface area contributed by atoms with E-state index in [4.69, 9.17) is 9.47 Å². The molecule has 0 saturated carbocycles. The Hall–Kier alpha value is -3.35. The molecule has 3 aromatic rings. The number of nitrogens with zero attached hydrogens (tertiary/aromatic N) is 2. The first kappa shape index (κ1) is 17.1. The smallest absolute Gasteiger partial charge is 0.221 e. The average molecular weight is 365 g/mol. The van der Waals surface area contributed by atoms with Crippen LogP contribution in [0, 0.1) is 0 Å². The summed E-state index contributed by atoms with van der Waals surface area (Å²) in [6.45, 7) is 1.15. The summed E-state index contributed by atoms with van der Waals surface area (Å²) < 4.78 is 13.1. The third kappa shape index (κ3) is 3.76. The number of rotatable bonds is 5. The standard InChI is InChI=1S/C20H19N3O4/c24-17-12-22-23(16-6-2-1-5-15(16)17)10-9-20(25)21-11-14-13-26-18-7-3-4-8-19(18)27-14/h1-8,12,14H,9-11,13H2,(H,21,25).